The summed E-state index contributed by atoms with van der Waals surface area (Å²) in [5.74, 6) is -0.897. The van der Waals surface area contributed by atoms with Gasteiger partial charge in [0.15, 0.2) is 0 Å². The molecule has 0 aliphatic carbocycles. The predicted molar refractivity (Wildman–Crippen MR) is 76.7 cm³/mol. The average Bonchev–Trinajstić information content (AvgIpc) is 2.30. The van der Waals surface area contributed by atoms with Crippen LogP contribution in [0.5, 0.6) is 0 Å². The molecular weight excluding hydrogens is 285 g/mol. The molecule has 0 radical (unpaired) electrons. The minimum atomic E-state index is -0.683. The lowest BCUT2D eigenvalue weighted by molar-refractivity contribution is -0.144. The number of rotatable bonds is 3. The van der Waals surface area contributed by atoms with Gasteiger partial charge < -0.3 is 5.11 Å². The Hall–Kier alpha value is -0.770. The number of piperidine rings is 1. The van der Waals surface area contributed by atoms with Crippen LogP contribution in [-0.2, 0) is 11.3 Å². The second-order valence-electron chi connectivity index (χ2n) is 5.16. The molecule has 5 heteroatoms. The summed E-state index contributed by atoms with van der Waals surface area (Å²) in [7, 11) is 0. The number of hydrogen-bond donors (Lipinski definition) is 1. The molecule has 0 aromatic heterocycles. The van der Waals surface area contributed by atoms with Crippen molar-refractivity contribution < 1.29 is 9.90 Å². The van der Waals surface area contributed by atoms with Crippen LogP contribution >= 0.6 is 23.2 Å². The standard InChI is InChI=1S/C14H17Cl2NO2/c1-9-4-11(14(18)19)2-3-17(9)8-10-5-12(15)7-13(16)6-10/h5-7,9,11H,2-4,8H2,1H3,(H,18,19). The summed E-state index contributed by atoms with van der Waals surface area (Å²) in [5, 5.41) is 10.3. The normalized spacial score (nSPS) is 24.4. The topological polar surface area (TPSA) is 40.5 Å². The van der Waals surface area contributed by atoms with E-state index in [1.165, 1.54) is 0 Å². The fraction of sp³-hybridized carbons (Fsp3) is 0.500. The maximum absolute atomic E-state index is 11.0. The molecule has 1 aromatic rings. The maximum Gasteiger partial charge on any atom is 0.306 e. The molecule has 1 N–H and O–H groups in total. The molecule has 0 spiro atoms. The number of hydrogen-bond acceptors (Lipinski definition) is 2. The Labute approximate surface area is 123 Å². The summed E-state index contributed by atoms with van der Waals surface area (Å²) in [5.41, 5.74) is 1.07. The van der Waals surface area contributed by atoms with Crippen molar-refractivity contribution in [1.82, 2.24) is 4.90 Å². The van der Waals surface area contributed by atoms with E-state index in [4.69, 9.17) is 28.3 Å². The molecule has 1 aromatic carbocycles. The van der Waals surface area contributed by atoms with Crippen LogP contribution in [0.4, 0.5) is 0 Å². The summed E-state index contributed by atoms with van der Waals surface area (Å²) in [6.45, 7) is 3.62. The van der Waals surface area contributed by atoms with E-state index in [1.54, 1.807) is 6.07 Å². The van der Waals surface area contributed by atoms with Gasteiger partial charge in [0.2, 0.25) is 0 Å². The molecule has 3 nitrogen and oxygen atoms in total. The first-order valence-electron chi connectivity index (χ1n) is 6.37. The van der Waals surface area contributed by atoms with Crippen LogP contribution in [-0.4, -0.2) is 28.6 Å². The molecule has 104 valence electrons. The van der Waals surface area contributed by atoms with Gasteiger partial charge in [-0.3, -0.25) is 9.69 Å². The van der Waals surface area contributed by atoms with Crippen LogP contribution in [0.1, 0.15) is 25.3 Å². The number of benzene rings is 1. The van der Waals surface area contributed by atoms with Crippen molar-refractivity contribution in [2.75, 3.05) is 6.54 Å². The zero-order valence-corrected chi connectivity index (χ0v) is 12.3. The number of nitrogens with zero attached hydrogens (tertiary/aromatic N) is 1. The van der Waals surface area contributed by atoms with Crippen molar-refractivity contribution in [2.45, 2.75) is 32.4 Å². The zero-order chi connectivity index (χ0) is 14.0. The van der Waals surface area contributed by atoms with Crippen molar-refractivity contribution in [3.63, 3.8) is 0 Å². The van der Waals surface area contributed by atoms with Crippen LogP contribution in [0.15, 0.2) is 18.2 Å². The molecule has 1 saturated heterocycles. The number of carboxylic acids is 1. The summed E-state index contributed by atoms with van der Waals surface area (Å²) in [6, 6.07) is 5.78. The number of carbonyl (C=O) groups is 1. The van der Waals surface area contributed by atoms with Crippen molar-refractivity contribution in [2.24, 2.45) is 5.92 Å². The van der Waals surface area contributed by atoms with Gasteiger partial charge >= 0.3 is 5.97 Å². The maximum atomic E-state index is 11.0. The second kappa shape index (κ2) is 6.12. The molecule has 1 aliphatic rings. The molecule has 19 heavy (non-hydrogen) atoms. The third-order valence-corrected chi connectivity index (χ3v) is 4.11. The Morgan fingerprint density at radius 3 is 2.53 bits per heavy atom. The molecule has 1 heterocycles. The monoisotopic (exact) mass is 301 g/mol. The average molecular weight is 302 g/mol. The van der Waals surface area contributed by atoms with Crippen molar-refractivity contribution in [3.8, 4) is 0 Å². The van der Waals surface area contributed by atoms with E-state index < -0.39 is 5.97 Å². The minimum absolute atomic E-state index is 0.214. The molecule has 0 bridgehead atoms. The number of aliphatic carboxylic acids is 1. The van der Waals surface area contributed by atoms with Gasteiger partial charge in [-0.25, -0.2) is 0 Å². The van der Waals surface area contributed by atoms with E-state index >= 15 is 0 Å². The minimum Gasteiger partial charge on any atom is -0.481 e. The molecule has 1 aliphatic heterocycles. The molecule has 2 atom stereocenters. The fourth-order valence-corrected chi connectivity index (χ4v) is 3.19. The van der Waals surface area contributed by atoms with Crippen molar-refractivity contribution in [3.05, 3.63) is 33.8 Å². The lowest BCUT2D eigenvalue weighted by Gasteiger charge is -2.36. The Morgan fingerprint density at radius 2 is 2.00 bits per heavy atom. The predicted octanol–water partition coefficient (Wildman–Crippen LogP) is 3.68. The van der Waals surface area contributed by atoms with Crippen molar-refractivity contribution in [1.29, 1.82) is 0 Å². The second-order valence-corrected chi connectivity index (χ2v) is 6.03. The number of carboxylic acid groups (broad SMARTS) is 1. The van der Waals surface area contributed by atoms with E-state index in [1.807, 2.05) is 12.1 Å². The molecular formula is C14H17Cl2NO2. The summed E-state index contributed by atoms with van der Waals surface area (Å²) < 4.78 is 0. The Bertz CT molecular complexity index is 458. The Kier molecular flexibility index (Phi) is 4.71. The summed E-state index contributed by atoms with van der Waals surface area (Å²) in [6.07, 6.45) is 1.40. The first-order valence-corrected chi connectivity index (χ1v) is 7.13. The Morgan fingerprint density at radius 1 is 1.37 bits per heavy atom. The lowest BCUT2D eigenvalue weighted by atomic mass is 9.91. The number of halogens is 2. The SMILES string of the molecule is CC1CC(C(=O)O)CCN1Cc1cc(Cl)cc(Cl)c1. The third kappa shape index (κ3) is 3.85. The van der Waals surface area contributed by atoms with Crippen LogP contribution in [0.2, 0.25) is 10.0 Å². The van der Waals surface area contributed by atoms with Gasteiger partial charge in [0, 0.05) is 22.6 Å². The molecule has 1 fully saturated rings. The highest BCUT2D eigenvalue weighted by atomic mass is 35.5. The highest BCUT2D eigenvalue weighted by Gasteiger charge is 2.29. The highest BCUT2D eigenvalue weighted by Crippen LogP contribution is 2.26. The molecule has 0 saturated carbocycles. The van der Waals surface area contributed by atoms with Gasteiger partial charge in [0.25, 0.3) is 0 Å². The summed E-state index contributed by atoms with van der Waals surface area (Å²) >= 11 is 12.0. The summed E-state index contributed by atoms with van der Waals surface area (Å²) in [4.78, 5) is 13.3. The first-order chi connectivity index (χ1) is 8.95. The molecule has 0 amide bonds. The van der Waals surface area contributed by atoms with E-state index in [9.17, 15) is 4.79 Å². The van der Waals surface area contributed by atoms with Gasteiger partial charge in [-0.15, -0.1) is 0 Å². The van der Waals surface area contributed by atoms with Gasteiger partial charge in [0.1, 0.15) is 0 Å². The van der Waals surface area contributed by atoms with Crippen LogP contribution in [0.25, 0.3) is 0 Å². The van der Waals surface area contributed by atoms with Crippen LogP contribution < -0.4 is 0 Å². The zero-order valence-electron chi connectivity index (χ0n) is 10.8. The largest absolute Gasteiger partial charge is 0.481 e. The quantitative estimate of drug-likeness (QED) is 0.926. The van der Waals surface area contributed by atoms with Gasteiger partial charge in [0.05, 0.1) is 5.92 Å². The smallest absolute Gasteiger partial charge is 0.306 e. The lowest BCUT2D eigenvalue weighted by Crippen LogP contribution is -2.42. The third-order valence-electron chi connectivity index (χ3n) is 3.67. The molecule has 2 rings (SSSR count). The van der Waals surface area contributed by atoms with E-state index in [0.717, 1.165) is 18.7 Å². The van der Waals surface area contributed by atoms with E-state index in [2.05, 4.69) is 11.8 Å². The van der Waals surface area contributed by atoms with E-state index in [-0.39, 0.29) is 12.0 Å². The first kappa shape index (κ1) is 14.6. The van der Waals surface area contributed by atoms with Gasteiger partial charge in [-0.1, -0.05) is 23.2 Å². The van der Waals surface area contributed by atoms with E-state index in [0.29, 0.717) is 22.9 Å². The van der Waals surface area contributed by atoms with Crippen LogP contribution in [0.3, 0.4) is 0 Å². The van der Waals surface area contributed by atoms with Crippen molar-refractivity contribution >= 4 is 29.2 Å². The van der Waals surface area contributed by atoms with Gasteiger partial charge in [-0.2, -0.15) is 0 Å². The molecule has 2 unspecified atom stereocenters. The fourth-order valence-electron chi connectivity index (χ4n) is 2.62. The Balaban J connectivity index is 2.02. The van der Waals surface area contributed by atoms with Crippen LogP contribution in [0, 0.1) is 5.92 Å². The highest BCUT2D eigenvalue weighted by molar-refractivity contribution is 6.34. The van der Waals surface area contributed by atoms with Gasteiger partial charge in [-0.05, 0) is 50.1 Å². The number of likely N-dealkylation sites (tertiary alicyclic amines) is 1.